The Morgan fingerprint density at radius 3 is 2.84 bits per heavy atom. The molecule has 2 aromatic rings. The highest BCUT2D eigenvalue weighted by molar-refractivity contribution is 5.89. The molecule has 1 aliphatic heterocycles. The summed E-state index contributed by atoms with van der Waals surface area (Å²) in [5.41, 5.74) is 2.97. The average molecular weight is 340 g/mol. The van der Waals surface area contributed by atoms with Gasteiger partial charge in [-0.1, -0.05) is 35.9 Å². The van der Waals surface area contributed by atoms with Crippen molar-refractivity contribution in [3.63, 3.8) is 0 Å². The van der Waals surface area contributed by atoms with Crippen molar-refractivity contribution < 1.29 is 14.3 Å². The summed E-state index contributed by atoms with van der Waals surface area (Å²) in [7, 11) is 0. The Balaban J connectivity index is 1.47. The third-order valence-corrected chi connectivity index (χ3v) is 4.13. The Hall–Kier alpha value is -2.53. The summed E-state index contributed by atoms with van der Waals surface area (Å²) in [5.74, 6) is 0.729. The standard InChI is InChI=1S/C20H24N2O3/c1-15-7-9-16(10-8-15)13-21-20(23)22-17-4-2-5-18(12-17)25-14-19-6-3-11-24-19/h2,4-5,7-10,12,19H,3,6,11,13-14H2,1H3,(H2,21,22,23). The van der Waals surface area contributed by atoms with Gasteiger partial charge in [-0.25, -0.2) is 4.79 Å². The summed E-state index contributed by atoms with van der Waals surface area (Å²) in [4.78, 5) is 12.0. The maximum Gasteiger partial charge on any atom is 0.319 e. The molecule has 2 N–H and O–H groups in total. The molecule has 1 heterocycles. The first kappa shape index (κ1) is 17.3. The lowest BCUT2D eigenvalue weighted by Crippen LogP contribution is -2.28. The van der Waals surface area contributed by atoms with Crippen molar-refractivity contribution in [1.29, 1.82) is 0 Å². The molecule has 2 amide bonds. The van der Waals surface area contributed by atoms with Crippen LogP contribution in [0.1, 0.15) is 24.0 Å². The van der Waals surface area contributed by atoms with E-state index in [4.69, 9.17) is 9.47 Å². The number of amides is 2. The Bertz CT molecular complexity index is 694. The van der Waals surface area contributed by atoms with E-state index >= 15 is 0 Å². The topological polar surface area (TPSA) is 59.6 Å². The van der Waals surface area contributed by atoms with E-state index in [1.807, 2.05) is 55.5 Å². The molecule has 1 aliphatic rings. The number of nitrogens with one attached hydrogen (secondary N) is 2. The van der Waals surface area contributed by atoms with Gasteiger partial charge in [0, 0.05) is 24.9 Å². The highest BCUT2D eigenvalue weighted by Gasteiger charge is 2.16. The molecule has 0 radical (unpaired) electrons. The molecular formula is C20H24N2O3. The fraction of sp³-hybridized carbons (Fsp3) is 0.350. The summed E-state index contributed by atoms with van der Waals surface area (Å²) < 4.78 is 11.3. The highest BCUT2D eigenvalue weighted by Crippen LogP contribution is 2.19. The number of hydrogen-bond donors (Lipinski definition) is 2. The molecular weight excluding hydrogens is 316 g/mol. The lowest BCUT2D eigenvalue weighted by atomic mass is 10.1. The smallest absolute Gasteiger partial charge is 0.319 e. The predicted octanol–water partition coefficient (Wildman–Crippen LogP) is 3.87. The number of carbonyl (C=O) groups excluding carboxylic acids is 1. The van der Waals surface area contributed by atoms with Crippen LogP contribution in [0.5, 0.6) is 5.75 Å². The average Bonchev–Trinajstić information content (AvgIpc) is 3.13. The summed E-state index contributed by atoms with van der Waals surface area (Å²) in [6.45, 7) is 3.89. The Morgan fingerprint density at radius 2 is 2.08 bits per heavy atom. The van der Waals surface area contributed by atoms with E-state index in [0.717, 1.165) is 30.8 Å². The molecule has 0 aromatic heterocycles. The van der Waals surface area contributed by atoms with Crippen LogP contribution in [0.3, 0.4) is 0 Å². The van der Waals surface area contributed by atoms with Gasteiger partial charge in [0.1, 0.15) is 12.4 Å². The van der Waals surface area contributed by atoms with Gasteiger partial charge >= 0.3 is 6.03 Å². The van der Waals surface area contributed by atoms with Crippen LogP contribution >= 0.6 is 0 Å². The monoisotopic (exact) mass is 340 g/mol. The van der Waals surface area contributed by atoms with Gasteiger partial charge in [-0.3, -0.25) is 0 Å². The number of ether oxygens (including phenoxy) is 2. The molecule has 0 saturated carbocycles. The molecule has 1 fully saturated rings. The van der Waals surface area contributed by atoms with Gasteiger partial charge in [-0.2, -0.15) is 0 Å². The normalized spacial score (nSPS) is 16.4. The van der Waals surface area contributed by atoms with Crippen LogP contribution in [0.25, 0.3) is 0 Å². The molecule has 5 nitrogen and oxygen atoms in total. The van der Waals surface area contributed by atoms with Crippen LogP contribution in [-0.4, -0.2) is 25.3 Å². The molecule has 2 aromatic carbocycles. The Kier molecular flexibility index (Phi) is 5.90. The maximum atomic E-state index is 12.0. The van der Waals surface area contributed by atoms with Crippen molar-refractivity contribution >= 4 is 11.7 Å². The molecule has 1 saturated heterocycles. The number of aryl methyl sites for hydroxylation is 1. The SMILES string of the molecule is Cc1ccc(CNC(=O)Nc2cccc(OCC3CCCO3)c2)cc1. The molecule has 0 aliphatic carbocycles. The van der Waals surface area contributed by atoms with Gasteiger partial charge in [-0.05, 0) is 37.5 Å². The van der Waals surface area contributed by atoms with Gasteiger partial charge < -0.3 is 20.1 Å². The van der Waals surface area contributed by atoms with Crippen LogP contribution in [0, 0.1) is 6.92 Å². The number of hydrogen-bond acceptors (Lipinski definition) is 3. The van der Waals surface area contributed by atoms with Crippen LogP contribution in [0.2, 0.25) is 0 Å². The van der Waals surface area contributed by atoms with Crippen LogP contribution in [0.4, 0.5) is 10.5 Å². The molecule has 1 unspecified atom stereocenters. The second-order valence-electron chi connectivity index (χ2n) is 6.27. The molecule has 0 bridgehead atoms. The van der Waals surface area contributed by atoms with E-state index in [1.54, 1.807) is 0 Å². The minimum absolute atomic E-state index is 0.175. The zero-order valence-corrected chi connectivity index (χ0v) is 14.5. The summed E-state index contributed by atoms with van der Waals surface area (Å²) in [6, 6.07) is 15.2. The molecule has 132 valence electrons. The van der Waals surface area contributed by atoms with Gasteiger partial charge in [0.05, 0.1) is 6.10 Å². The highest BCUT2D eigenvalue weighted by atomic mass is 16.5. The van der Waals surface area contributed by atoms with Crippen LogP contribution in [-0.2, 0) is 11.3 Å². The van der Waals surface area contributed by atoms with E-state index in [9.17, 15) is 4.79 Å². The van der Waals surface area contributed by atoms with Crippen molar-refractivity contribution in [2.24, 2.45) is 0 Å². The number of carbonyl (C=O) groups is 1. The van der Waals surface area contributed by atoms with Crippen molar-refractivity contribution in [3.05, 3.63) is 59.7 Å². The molecule has 1 atom stereocenters. The van der Waals surface area contributed by atoms with Crippen LogP contribution in [0.15, 0.2) is 48.5 Å². The van der Waals surface area contributed by atoms with Gasteiger partial charge in [0.15, 0.2) is 0 Å². The van der Waals surface area contributed by atoms with Gasteiger partial charge in [0.2, 0.25) is 0 Å². The largest absolute Gasteiger partial charge is 0.491 e. The quantitative estimate of drug-likeness (QED) is 0.839. The van der Waals surface area contributed by atoms with E-state index in [2.05, 4.69) is 10.6 Å². The number of anilines is 1. The first-order valence-electron chi connectivity index (χ1n) is 8.64. The third-order valence-electron chi connectivity index (χ3n) is 4.13. The van der Waals surface area contributed by atoms with Gasteiger partial charge in [0.25, 0.3) is 0 Å². The Morgan fingerprint density at radius 1 is 1.24 bits per heavy atom. The van der Waals surface area contributed by atoms with E-state index in [0.29, 0.717) is 18.8 Å². The second kappa shape index (κ2) is 8.53. The van der Waals surface area contributed by atoms with E-state index < -0.39 is 0 Å². The lowest BCUT2D eigenvalue weighted by molar-refractivity contribution is 0.0680. The predicted molar refractivity (Wildman–Crippen MR) is 97.9 cm³/mol. The van der Waals surface area contributed by atoms with E-state index in [1.165, 1.54) is 5.56 Å². The molecule has 3 rings (SSSR count). The second-order valence-corrected chi connectivity index (χ2v) is 6.27. The number of benzene rings is 2. The van der Waals surface area contributed by atoms with Crippen molar-refractivity contribution in [2.75, 3.05) is 18.5 Å². The minimum atomic E-state index is -0.239. The summed E-state index contributed by atoms with van der Waals surface area (Å²) >= 11 is 0. The minimum Gasteiger partial charge on any atom is -0.491 e. The third kappa shape index (κ3) is 5.50. The van der Waals surface area contributed by atoms with Gasteiger partial charge in [-0.15, -0.1) is 0 Å². The van der Waals surface area contributed by atoms with Crippen molar-refractivity contribution in [2.45, 2.75) is 32.4 Å². The number of urea groups is 1. The van der Waals surface area contributed by atoms with Crippen molar-refractivity contribution in [1.82, 2.24) is 5.32 Å². The van der Waals surface area contributed by atoms with Crippen molar-refractivity contribution in [3.8, 4) is 5.75 Å². The van der Waals surface area contributed by atoms with E-state index in [-0.39, 0.29) is 12.1 Å². The molecule has 25 heavy (non-hydrogen) atoms. The first-order valence-corrected chi connectivity index (χ1v) is 8.64. The Labute approximate surface area is 148 Å². The summed E-state index contributed by atoms with van der Waals surface area (Å²) in [5, 5.41) is 5.68. The fourth-order valence-corrected chi connectivity index (χ4v) is 2.69. The lowest BCUT2D eigenvalue weighted by Gasteiger charge is -2.13. The zero-order valence-electron chi connectivity index (χ0n) is 14.5. The van der Waals surface area contributed by atoms with Crippen LogP contribution < -0.4 is 15.4 Å². The zero-order chi connectivity index (χ0) is 17.5. The first-order chi connectivity index (χ1) is 12.2. The number of rotatable bonds is 6. The molecule has 5 heteroatoms. The molecule has 0 spiro atoms. The fourth-order valence-electron chi connectivity index (χ4n) is 2.69. The summed E-state index contributed by atoms with van der Waals surface area (Å²) in [6.07, 6.45) is 2.31. The maximum absolute atomic E-state index is 12.0.